The van der Waals surface area contributed by atoms with Crippen molar-refractivity contribution >= 4 is 17.2 Å². The Morgan fingerprint density at radius 3 is 2.00 bits per heavy atom. The van der Waals surface area contributed by atoms with Crippen LogP contribution < -0.4 is 16.0 Å². The molecule has 0 saturated carbocycles. The van der Waals surface area contributed by atoms with Crippen molar-refractivity contribution in [2.75, 3.05) is 29.0 Å². The number of anilines is 3. The Hall–Kier alpha value is -2.23. The summed E-state index contributed by atoms with van der Waals surface area (Å²) in [6.45, 7) is 7.09. The molecule has 0 spiro atoms. The van der Waals surface area contributed by atoms with E-state index in [1.807, 2.05) is 12.3 Å². The van der Waals surface area contributed by atoms with Crippen LogP contribution in [0.2, 0.25) is 0 Å². The van der Waals surface area contributed by atoms with Gasteiger partial charge in [-0.25, -0.2) is 4.98 Å². The lowest BCUT2D eigenvalue weighted by Crippen LogP contribution is -2.04. The summed E-state index contributed by atoms with van der Waals surface area (Å²) >= 11 is 0. The van der Waals surface area contributed by atoms with Crippen molar-refractivity contribution < 1.29 is 0 Å². The molecule has 0 aliphatic heterocycles. The minimum atomic E-state index is 0.781. The standard InChI is InChI=1S/C18H26N4/c1-3-11-19-16-7-5-15(6-8-16)13-21-18-10-9-17(14-22-18)20-12-4-2/h5-10,14,19-20H,3-4,11-13H2,1-2H3,(H,21,22). The van der Waals surface area contributed by atoms with Gasteiger partial charge >= 0.3 is 0 Å². The van der Waals surface area contributed by atoms with Gasteiger partial charge in [-0.3, -0.25) is 0 Å². The molecular weight excluding hydrogens is 272 g/mol. The molecule has 4 nitrogen and oxygen atoms in total. The Bertz CT molecular complexity index is 483. The fraction of sp³-hybridized carbons (Fsp3) is 0.389. The highest BCUT2D eigenvalue weighted by atomic mass is 15.0. The molecule has 4 heteroatoms. The van der Waals surface area contributed by atoms with Crippen molar-refractivity contribution in [1.29, 1.82) is 0 Å². The van der Waals surface area contributed by atoms with Crippen LogP contribution in [0.5, 0.6) is 0 Å². The van der Waals surface area contributed by atoms with Gasteiger partial charge in [0.1, 0.15) is 5.82 Å². The fourth-order valence-electron chi connectivity index (χ4n) is 2.07. The van der Waals surface area contributed by atoms with E-state index in [4.69, 9.17) is 0 Å². The predicted molar refractivity (Wildman–Crippen MR) is 95.6 cm³/mol. The average Bonchev–Trinajstić information content (AvgIpc) is 2.58. The van der Waals surface area contributed by atoms with Gasteiger partial charge in [0, 0.05) is 25.3 Å². The highest BCUT2D eigenvalue weighted by Gasteiger charge is 1.97. The average molecular weight is 298 g/mol. The van der Waals surface area contributed by atoms with Crippen molar-refractivity contribution in [2.24, 2.45) is 0 Å². The number of benzene rings is 1. The zero-order chi connectivity index (χ0) is 15.6. The fourth-order valence-corrected chi connectivity index (χ4v) is 2.07. The van der Waals surface area contributed by atoms with Gasteiger partial charge in [-0.15, -0.1) is 0 Å². The maximum atomic E-state index is 4.42. The second kappa shape index (κ2) is 8.93. The molecule has 1 aromatic heterocycles. The zero-order valence-electron chi connectivity index (χ0n) is 13.5. The van der Waals surface area contributed by atoms with Crippen molar-refractivity contribution in [3.63, 3.8) is 0 Å². The number of rotatable bonds is 9. The molecule has 3 N–H and O–H groups in total. The molecule has 1 heterocycles. The van der Waals surface area contributed by atoms with Gasteiger partial charge in [0.2, 0.25) is 0 Å². The molecule has 2 rings (SSSR count). The van der Waals surface area contributed by atoms with E-state index in [2.05, 4.69) is 65.1 Å². The minimum Gasteiger partial charge on any atom is -0.385 e. The Kier molecular flexibility index (Phi) is 6.55. The molecule has 22 heavy (non-hydrogen) atoms. The summed E-state index contributed by atoms with van der Waals surface area (Å²) in [6, 6.07) is 12.6. The number of nitrogens with one attached hydrogen (secondary N) is 3. The van der Waals surface area contributed by atoms with Crippen LogP contribution in [0.4, 0.5) is 17.2 Å². The number of nitrogens with zero attached hydrogens (tertiary/aromatic N) is 1. The van der Waals surface area contributed by atoms with Gasteiger partial charge in [-0.1, -0.05) is 26.0 Å². The van der Waals surface area contributed by atoms with Crippen molar-refractivity contribution in [2.45, 2.75) is 33.2 Å². The van der Waals surface area contributed by atoms with Crippen LogP contribution in [0, 0.1) is 0 Å². The molecular formula is C18H26N4. The van der Waals surface area contributed by atoms with Crippen LogP contribution in [-0.2, 0) is 6.54 Å². The molecule has 1 aromatic carbocycles. The van der Waals surface area contributed by atoms with Gasteiger partial charge < -0.3 is 16.0 Å². The van der Waals surface area contributed by atoms with E-state index >= 15 is 0 Å². The number of pyridine rings is 1. The molecule has 0 aliphatic carbocycles. The minimum absolute atomic E-state index is 0.781. The zero-order valence-corrected chi connectivity index (χ0v) is 13.5. The lowest BCUT2D eigenvalue weighted by atomic mass is 10.2. The summed E-state index contributed by atoms with van der Waals surface area (Å²) in [4.78, 5) is 4.42. The van der Waals surface area contributed by atoms with Gasteiger partial charge in [0.05, 0.1) is 11.9 Å². The summed E-state index contributed by atoms with van der Waals surface area (Å²) in [7, 11) is 0. The third-order valence-electron chi connectivity index (χ3n) is 3.35. The maximum absolute atomic E-state index is 4.42. The number of hydrogen-bond acceptors (Lipinski definition) is 4. The second-order valence-electron chi connectivity index (χ2n) is 5.34. The maximum Gasteiger partial charge on any atom is 0.126 e. The van der Waals surface area contributed by atoms with Gasteiger partial charge in [0.15, 0.2) is 0 Å². The van der Waals surface area contributed by atoms with E-state index in [9.17, 15) is 0 Å². The molecule has 0 aliphatic rings. The van der Waals surface area contributed by atoms with E-state index in [-0.39, 0.29) is 0 Å². The smallest absolute Gasteiger partial charge is 0.126 e. The Balaban J connectivity index is 1.81. The molecule has 0 bridgehead atoms. The first kappa shape index (κ1) is 16.1. The summed E-state index contributed by atoms with van der Waals surface area (Å²) in [5, 5.41) is 10.0. The SMILES string of the molecule is CCCNc1ccc(CNc2ccc(NCCC)cn2)cc1. The van der Waals surface area contributed by atoms with Crippen molar-refractivity contribution in [1.82, 2.24) is 4.98 Å². The molecule has 0 radical (unpaired) electrons. The van der Waals surface area contributed by atoms with E-state index in [0.29, 0.717) is 0 Å². The Morgan fingerprint density at radius 1 is 0.773 bits per heavy atom. The summed E-state index contributed by atoms with van der Waals surface area (Å²) in [6.07, 6.45) is 4.12. The van der Waals surface area contributed by atoms with Crippen molar-refractivity contribution in [3.8, 4) is 0 Å². The molecule has 118 valence electrons. The molecule has 0 saturated heterocycles. The molecule has 0 fully saturated rings. The largest absolute Gasteiger partial charge is 0.385 e. The van der Waals surface area contributed by atoms with Gasteiger partial charge in [-0.2, -0.15) is 0 Å². The molecule has 0 amide bonds. The number of hydrogen-bond donors (Lipinski definition) is 3. The Labute approximate surface area is 133 Å². The quantitative estimate of drug-likeness (QED) is 0.644. The monoisotopic (exact) mass is 298 g/mol. The van der Waals surface area contributed by atoms with Crippen LogP contribution in [0.1, 0.15) is 32.3 Å². The highest BCUT2D eigenvalue weighted by Crippen LogP contribution is 2.13. The lowest BCUT2D eigenvalue weighted by Gasteiger charge is -2.09. The second-order valence-corrected chi connectivity index (χ2v) is 5.34. The third kappa shape index (κ3) is 5.28. The summed E-state index contributed by atoms with van der Waals surface area (Å²) in [5.74, 6) is 0.898. The molecule has 0 unspecified atom stereocenters. The van der Waals surface area contributed by atoms with Crippen molar-refractivity contribution in [3.05, 3.63) is 48.2 Å². The summed E-state index contributed by atoms with van der Waals surface area (Å²) < 4.78 is 0. The topological polar surface area (TPSA) is 49.0 Å². The van der Waals surface area contributed by atoms with E-state index in [1.165, 1.54) is 11.3 Å². The highest BCUT2D eigenvalue weighted by molar-refractivity contribution is 5.48. The summed E-state index contributed by atoms with van der Waals surface area (Å²) in [5.41, 5.74) is 3.49. The third-order valence-corrected chi connectivity index (χ3v) is 3.35. The van der Waals surface area contributed by atoms with E-state index in [0.717, 1.165) is 44.0 Å². The van der Waals surface area contributed by atoms with Gasteiger partial charge in [-0.05, 0) is 42.7 Å². The van der Waals surface area contributed by atoms with E-state index in [1.54, 1.807) is 0 Å². The van der Waals surface area contributed by atoms with Crippen LogP contribution in [0.3, 0.4) is 0 Å². The van der Waals surface area contributed by atoms with Crippen LogP contribution in [-0.4, -0.2) is 18.1 Å². The van der Waals surface area contributed by atoms with Crippen LogP contribution in [0.25, 0.3) is 0 Å². The Morgan fingerprint density at radius 2 is 1.41 bits per heavy atom. The predicted octanol–water partition coefficient (Wildman–Crippen LogP) is 4.34. The molecule has 0 atom stereocenters. The normalized spacial score (nSPS) is 10.3. The van der Waals surface area contributed by atoms with Crippen LogP contribution in [0.15, 0.2) is 42.6 Å². The van der Waals surface area contributed by atoms with Crippen LogP contribution >= 0.6 is 0 Å². The van der Waals surface area contributed by atoms with E-state index < -0.39 is 0 Å². The van der Waals surface area contributed by atoms with Gasteiger partial charge in [0.25, 0.3) is 0 Å². The number of aromatic nitrogens is 1. The lowest BCUT2D eigenvalue weighted by molar-refractivity contribution is 0.977. The first-order chi connectivity index (χ1) is 10.8. The molecule has 2 aromatic rings. The first-order valence-electron chi connectivity index (χ1n) is 8.08. The first-order valence-corrected chi connectivity index (χ1v) is 8.08.